The standard InChI is InChI=1S/C12H22N4O3S2/c1-3-4-5-6-10-15-16-12(20-10)14-11(17)9(13)7-8-21(2,18)19/h9H,3-8,13H2,1-2H3,(H,14,16,17). The minimum Gasteiger partial charge on any atom is -0.320 e. The van der Waals surface area contributed by atoms with Gasteiger partial charge in [-0.3, -0.25) is 10.1 Å². The highest BCUT2D eigenvalue weighted by molar-refractivity contribution is 7.90. The Labute approximate surface area is 129 Å². The van der Waals surface area contributed by atoms with Crippen LogP contribution >= 0.6 is 11.3 Å². The van der Waals surface area contributed by atoms with Crippen molar-refractivity contribution in [3.05, 3.63) is 5.01 Å². The van der Waals surface area contributed by atoms with Crippen molar-refractivity contribution in [2.75, 3.05) is 17.3 Å². The Bertz CT molecular complexity index is 557. The molecule has 0 bridgehead atoms. The molecule has 1 aromatic rings. The number of aryl methyl sites for hydroxylation is 1. The molecule has 0 aliphatic carbocycles. The molecule has 0 fully saturated rings. The van der Waals surface area contributed by atoms with E-state index >= 15 is 0 Å². The van der Waals surface area contributed by atoms with Crippen LogP contribution in [0.25, 0.3) is 0 Å². The Balaban J connectivity index is 2.43. The maximum atomic E-state index is 11.8. The molecule has 0 aliphatic rings. The van der Waals surface area contributed by atoms with Crippen molar-refractivity contribution < 1.29 is 13.2 Å². The Morgan fingerprint density at radius 2 is 2.10 bits per heavy atom. The number of hydrogen-bond donors (Lipinski definition) is 2. The number of unbranched alkanes of at least 4 members (excludes halogenated alkanes) is 2. The molecule has 0 aromatic carbocycles. The lowest BCUT2D eigenvalue weighted by molar-refractivity contribution is -0.117. The minimum absolute atomic E-state index is 0.0901. The van der Waals surface area contributed by atoms with Crippen LogP contribution in [0.5, 0.6) is 0 Å². The number of amides is 1. The van der Waals surface area contributed by atoms with Gasteiger partial charge in [0.25, 0.3) is 0 Å². The summed E-state index contributed by atoms with van der Waals surface area (Å²) in [5.74, 6) is -0.546. The van der Waals surface area contributed by atoms with E-state index in [0.717, 1.165) is 36.9 Å². The number of sulfone groups is 1. The lowest BCUT2D eigenvalue weighted by Gasteiger charge is -2.09. The SMILES string of the molecule is CCCCCc1nnc(NC(=O)C(N)CCS(C)(=O)=O)s1. The highest BCUT2D eigenvalue weighted by Crippen LogP contribution is 2.17. The summed E-state index contributed by atoms with van der Waals surface area (Å²) < 4.78 is 22.1. The second kappa shape index (κ2) is 8.40. The van der Waals surface area contributed by atoms with Crippen molar-refractivity contribution in [2.24, 2.45) is 5.73 Å². The zero-order valence-corrected chi connectivity index (χ0v) is 14.0. The van der Waals surface area contributed by atoms with Crippen molar-refractivity contribution in [2.45, 2.75) is 45.1 Å². The fourth-order valence-corrected chi connectivity index (χ4v) is 3.07. The summed E-state index contributed by atoms with van der Waals surface area (Å²) in [6.45, 7) is 2.13. The third-order valence-corrected chi connectivity index (χ3v) is 4.70. The summed E-state index contributed by atoms with van der Waals surface area (Å²) in [6.07, 6.45) is 5.38. The molecule has 0 spiro atoms. The van der Waals surface area contributed by atoms with Crippen LogP contribution in [0, 0.1) is 0 Å². The second-order valence-electron chi connectivity index (χ2n) is 4.97. The summed E-state index contributed by atoms with van der Waals surface area (Å²) in [7, 11) is -3.12. The fourth-order valence-electron chi connectivity index (χ4n) is 1.60. The fraction of sp³-hybridized carbons (Fsp3) is 0.750. The van der Waals surface area contributed by atoms with Gasteiger partial charge in [-0.1, -0.05) is 31.1 Å². The highest BCUT2D eigenvalue weighted by atomic mass is 32.2. The second-order valence-corrected chi connectivity index (χ2v) is 8.29. The first kappa shape index (κ1) is 18.0. The molecule has 1 heterocycles. The quantitative estimate of drug-likeness (QED) is 0.650. The zero-order chi connectivity index (χ0) is 15.9. The molecule has 1 amide bonds. The van der Waals surface area contributed by atoms with E-state index in [1.807, 2.05) is 0 Å². The van der Waals surface area contributed by atoms with Gasteiger partial charge in [-0.05, 0) is 12.8 Å². The Kier molecular flexibility index (Phi) is 7.20. The number of hydrogen-bond acceptors (Lipinski definition) is 7. The van der Waals surface area contributed by atoms with Gasteiger partial charge in [-0.15, -0.1) is 10.2 Å². The van der Waals surface area contributed by atoms with Crippen LogP contribution in [-0.4, -0.2) is 42.6 Å². The molecule has 1 atom stereocenters. The topological polar surface area (TPSA) is 115 Å². The first-order valence-electron chi connectivity index (χ1n) is 6.88. The van der Waals surface area contributed by atoms with E-state index in [-0.39, 0.29) is 12.2 Å². The number of anilines is 1. The zero-order valence-electron chi connectivity index (χ0n) is 12.3. The molecule has 120 valence electrons. The van der Waals surface area contributed by atoms with Crippen LogP contribution in [0.3, 0.4) is 0 Å². The predicted octanol–water partition coefficient (Wildman–Crippen LogP) is 0.971. The van der Waals surface area contributed by atoms with E-state index in [9.17, 15) is 13.2 Å². The van der Waals surface area contributed by atoms with Crippen molar-refractivity contribution >= 4 is 32.2 Å². The van der Waals surface area contributed by atoms with E-state index in [4.69, 9.17) is 5.73 Å². The van der Waals surface area contributed by atoms with Crippen LogP contribution in [0.1, 0.15) is 37.6 Å². The van der Waals surface area contributed by atoms with Gasteiger partial charge in [-0.25, -0.2) is 8.42 Å². The molecule has 0 aliphatic heterocycles. The lowest BCUT2D eigenvalue weighted by Crippen LogP contribution is -2.37. The molecular weight excluding hydrogens is 312 g/mol. The molecule has 7 nitrogen and oxygen atoms in total. The molecule has 9 heteroatoms. The van der Waals surface area contributed by atoms with Crippen molar-refractivity contribution in [3.63, 3.8) is 0 Å². The Morgan fingerprint density at radius 3 is 2.71 bits per heavy atom. The molecule has 0 radical (unpaired) electrons. The molecule has 0 saturated heterocycles. The van der Waals surface area contributed by atoms with Gasteiger partial charge in [-0.2, -0.15) is 0 Å². The number of nitrogens with two attached hydrogens (primary N) is 1. The third-order valence-electron chi connectivity index (χ3n) is 2.83. The van der Waals surface area contributed by atoms with E-state index in [0.29, 0.717) is 5.13 Å². The first-order valence-corrected chi connectivity index (χ1v) is 9.76. The largest absolute Gasteiger partial charge is 0.320 e. The number of carbonyl (C=O) groups is 1. The average molecular weight is 334 g/mol. The normalized spacial score (nSPS) is 13.1. The third kappa shape index (κ3) is 7.49. The molecule has 1 unspecified atom stereocenters. The maximum Gasteiger partial charge on any atom is 0.243 e. The highest BCUT2D eigenvalue weighted by Gasteiger charge is 2.17. The molecule has 21 heavy (non-hydrogen) atoms. The number of rotatable bonds is 9. The summed E-state index contributed by atoms with van der Waals surface area (Å²) >= 11 is 1.32. The Hall–Kier alpha value is -1.06. The summed E-state index contributed by atoms with van der Waals surface area (Å²) in [5, 5.41) is 11.7. The van der Waals surface area contributed by atoms with Crippen LogP contribution in [0.2, 0.25) is 0 Å². The van der Waals surface area contributed by atoms with Crippen molar-refractivity contribution in [3.8, 4) is 0 Å². The van der Waals surface area contributed by atoms with Crippen LogP contribution in [0.4, 0.5) is 5.13 Å². The van der Waals surface area contributed by atoms with E-state index in [1.165, 1.54) is 11.3 Å². The molecule has 1 rings (SSSR count). The van der Waals surface area contributed by atoms with Gasteiger partial charge in [0.1, 0.15) is 14.8 Å². The van der Waals surface area contributed by atoms with Crippen LogP contribution in [0.15, 0.2) is 0 Å². The minimum atomic E-state index is -3.12. The average Bonchev–Trinajstić information content (AvgIpc) is 2.83. The van der Waals surface area contributed by atoms with Crippen LogP contribution < -0.4 is 11.1 Å². The van der Waals surface area contributed by atoms with E-state index < -0.39 is 21.8 Å². The molecular formula is C12H22N4O3S2. The number of nitrogens with one attached hydrogen (secondary N) is 1. The summed E-state index contributed by atoms with van der Waals surface area (Å²) in [4.78, 5) is 11.8. The van der Waals surface area contributed by atoms with Gasteiger partial charge >= 0.3 is 0 Å². The summed E-state index contributed by atoms with van der Waals surface area (Å²) in [5.41, 5.74) is 5.66. The number of nitrogens with zero attached hydrogens (tertiary/aromatic N) is 2. The molecule has 3 N–H and O–H groups in total. The van der Waals surface area contributed by atoms with Gasteiger partial charge in [0, 0.05) is 12.7 Å². The first-order chi connectivity index (χ1) is 9.81. The van der Waals surface area contributed by atoms with Crippen LogP contribution in [-0.2, 0) is 21.1 Å². The number of carbonyl (C=O) groups excluding carboxylic acids is 1. The van der Waals surface area contributed by atoms with Gasteiger partial charge in [0.2, 0.25) is 11.0 Å². The van der Waals surface area contributed by atoms with Gasteiger partial charge < -0.3 is 5.73 Å². The molecule has 1 aromatic heterocycles. The monoisotopic (exact) mass is 334 g/mol. The maximum absolute atomic E-state index is 11.8. The van der Waals surface area contributed by atoms with E-state index in [1.54, 1.807) is 0 Å². The van der Waals surface area contributed by atoms with Crippen molar-refractivity contribution in [1.29, 1.82) is 0 Å². The predicted molar refractivity (Wildman–Crippen MR) is 84.1 cm³/mol. The van der Waals surface area contributed by atoms with Crippen molar-refractivity contribution in [1.82, 2.24) is 10.2 Å². The Morgan fingerprint density at radius 1 is 1.38 bits per heavy atom. The van der Waals surface area contributed by atoms with E-state index in [2.05, 4.69) is 22.4 Å². The lowest BCUT2D eigenvalue weighted by atomic mass is 10.2. The van der Waals surface area contributed by atoms with Gasteiger partial charge in [0.05, 0.1) is 11.8 Å². The smallest absolute Gasteiger partial charge is 0.243 e. The van der Waals surface area contributed by atoms with Gasteiger partial charge in [0.15, 0.2) is 0 Å². The summed E-state index contributed by atoms with van der Waals surface area (Å²) in [6, 6.07) is -0.868. The molecule has 0 saturated carbocycles. The number of aromatic nitrogens is 2.